The van der Waals surface area contributed by atoms with Crippen molar-refractivity contribution >= 4 is 5.91 Å². The predicted molar refractivity (Wildman–Crippen MR) is 111 cm³/mol. The molecule has 0 N–H and O–H groups in total. The molecule has 2 saturated heterocycles. The van der Waals surface area contributed by atoms with Crippen molar-refractivity contribution in [2.75, 3.05) is 32.8 Å². The number of benzene rings is 2. The fourth-order valence-electron chi connectivity index (χ4n) is 4.64. The molecule has 148 valence electrons. The third-order valence-corrected chi connectivity index (χ3v) is 6.28. The van der Waals surface area contributed by atoms with E-state index in [1.807, 2.05) is 18.2 Å². The summed E-state index contributed by atoms with van der Waals surface area (Å²) < 4.78 is 5.99. The van der Waals surface area contributed by atoms with Crippen molar-refractivity contribution in [1.29, 1.82) is 0 Å². The molecule has 0 aliphatic carbocycles. The van der Waals surface area contributed by atoms with Crippen LogP contribution in [-0.2, 0) is 16.1 Å². The largest absolute Gasteiger partial charge is 0.379 e. The minimum absolute atomic E-state index is 0.0983. The molecule has 4 rings (SSSR count). The molecule has 4 heteroatoms. The number of nitrogens with zero attached hydrogens (tertiary/aromatic N) is 2. The number of amides is 1. The number of hydrogen-bond acceptors (Lipinski definition) is 3. The molecule has 0 radical (unpaired) electrons. The summed E-state index contributed by atoms with van der Waals surface area (Å²) in [6.45, 7) is 9.21. The molecule has 0 bridgehead atoms. The van der Waals surface area contributed by atoms with Crippen LogP contribution < -0.4 is 0 Å². The van der Waals surface area contributed by atoms with E-state index in [0.29, 0.717) is 13.0 Å². The molecule has 4 nitrogen and oxygen atoms in total. The molecule has 1 spiro atoms. The number of ether oxygens (including phenoxy) is 1. The van der Waals surface area contributed by atoms with Crippen LogP contribution in [0, 0.1) is 12.3 Å². The minimum Gasteiger partial charge on any atom is -0.379 e. The predicted octanol–water partition coefficient (Wildman–Crippen LogP) is 3.81. The maximum atomic E-state index is 12.9. The number of aryl methyl sites for hydroxylation is 1. The van der Waals surface area contributed by atoms with Gasteiger partial charge >= 0.3 is 0 Å². The van der Waals surface area contributed by atoms with Gasteiger partial charge in [0.1, 0.15) is 0 Å². The lowest BCUT2D eigenvalue weighted by molar-refractivity contribution is -0.129. The molecular weight excluding hydrogens is 348 g/mol. The highest BCUT2D eigenvalue weighted by atomic mass is 16.5. The lowest BCUT2D eigenvalue weighted by Gasteiger charge is -2.33. The minimum atomic E-state index is -0.112. The van der Waals surface area contributed by atoms with E-state index in [1.165, 1.54) is 16.7 Å². The monoisotopic (exact) mass is 378 g/mol. The smallest absolute Gasteiger partial charge is 0.223 e. The van der Waals surface area contributed by atoms with Crippen LogP contribution in [0.2, 0.25) is 0 Å². The van der Waals surface area contributed by atoms with Crippen molar-refractivity contribution in [1.82, 2.24) is 9.80 Å². The van der Waals surface area contributed by atoms with E-state index in [2.05, 4.69) is 60.0 Å². The molecular formula is C24H30N2O2. The Hall–Kier alpha value is -2.17. The van der Waals surface area contributed by atoms with Crippen molar-refractivity contribution in [2.45, 2.75) is 32.9 Å². The van der Waals surface area contributed by atoms with E-state index in [-0.39, 0.29) is 17.4 Å². The fraction of sp³-hybridized carbons (Fsp3) is 0.458. The third kappa shape index (κ3) is 3.98. The Bertz CT molecular complexity index is 822. The molecule has 2 aliphatic rings. The van der Waals surface area contributed by atoms with Gasteiger partial charge in [0.25, 0.3) is 0 Å². The highest BCUT2D eigenvalue weighted by Crippen LogP contribution is 2.38. The average Bonchev–Trinajstić information content (AvgIpc) is 2.89. The summed E-state index contributed by atoms with van der Waals surface area (Å²) in [6.07, 6.45) is 0.578. The number of carbonyl (C=O) groups is 1. The summed E-state index contributed by atoms with van der Waals surface area (Å²) >= 11 is 0. The second-order valence-corrected chi connectivity index (χ2v) is 8.47. The van der Waals surface area contributed by atoms with Crippen LogP contribution in [0.3, 0.4) is 0 Å². The second kappa shape index (κ2) is 8.06. The van der Waals surface area contributed by atoms with Gasteiger partial charge in [-0.25, -0.2) is 0 Å². The Kier molecular flexibility index (Phi) is 5.51. The molecule has 0 aromatic heterocycles. The quantitative estimate of drug-likeness (QED) is 0.811. The number of hydrogen-bond donors (Lipinski definition) is 0. The summed E-state index contributed by atoms with van der Waals surface area (Å²) in [5.74, 6) is 0.248. The molecule has 0 saturated carbocycles. The molecule has 28 heavy (non-hydrogen) atoms. The zero-order chi connectivity index (χ0) is 19.6. The maximum Gasteiger partial charge on any atom is 0.223 e. The molecule has 0 unspecified atom stereocenters. The van der Waals surface area contributed by atoms with Crippen molar-refractivity contribution in [2.24, 2.45) is 5.41 Å². The molecule has 2 heterocycles. The number of likely N-dealkylation sites (tertiary alicyclic amines) is 1. The normalized spacial score (nSPS) is 24.5. The van der Waals surface area contributed by atoms with Gasteiger partial charge in [-0.05, 0) is 30.5 Å². The highest BCUT2D eigenvalue weighted by molar-refractivity contribution is 5.80. The standard InChI is InChI=1S/C24H30N2O2/c1-19-8-6-7-11-22(19)15-25-12-13-28-18-24(16-25)14-23(27)26(17-24)20(2)21-9-4-3-5-10-21/h3-11,20H,12-18H2,1-2H3/t20-,24+/m0/s1. The first-order valence-corrected chi connectivity index (χ1v) is 10.3. The van der Waals surface area contributed by atoms with Gasteiger partial charge in [0, 0.05) is 38.0 Å². The zero-order valence-corrected chi connectivity index (χ0v) is 16.9. The lowest BCUT2D eigenvalue weighted by atomic mass is 9.87. The Morgan fingerprint density at radius 2 is 1.82 bits per heavy atom. The Morgan fingerprint density at radius 3 is 2.61 bits per heavy atom. The first-order valence-electron chi connectivity index (χ1n) is 10.3. The fourth-order valence-corrected chi connectivity index (χ4v) is 4.64. The SMILES string of the molecule is Cc1ccccc1CN1CCOC[C@]2(CC(=O)N([C@@H](C)c3ccccc3)C2)C1. The summed E-state index contributed by atoms with van der Waals surface area (Å²) in [7, 11) is 0. The topological polar surface area (TPSA) is 32.8 Å². The molecule has 2 aromatic carbocycles. The highest BCUT2D eigenvalue weighted by Gasteiger charge is 2.46. The number of rotatable bonds is 4. The molecule has 2 fully saturated rings. The molecule has 1 amide bonds. The lowest BCUT2D eigenvalue weighted by Crippen LogP contribution is -2.41. The van der Waals surface area contributed by atoms with Crippen LogP contribution in [0.4, 0.5) is 0 Å². The Labute approximate surface area is 168 Å². The van der Waals surface area contributed by atoms with Gasteiger partial charge in [0.15, 0.2) is 0 Å². The Morgan fingerprint density at radius 1 is 1.07 bits per heavy atom. The third-order valence-electron chi connectivity index (χ3n) is 6.28. The van der Waals surface area contributed by atoms with Gasteiger partial charge in [-0.1, -0.05) is 54.6 Å². The van der Waals surface area contributed by atoms with Crippen LogP contribution in [0.1, 0.15) is 36.1 Å². The summed E-state index contributed by atoms with van der Waals surface area (Å²) in [4.78, 5) is 17.5. The summed E-state index contributed by atoms with van der Waals surface area (Å²) in [5, 5.41) is 0. The van der Waals surface area contributed by atoms with Gasteiger partial charge in [0.05, 0.1) is 19.3 Å². The van der Waals surface area contributed by atoms with Crippen molar-refractivity contribution in [3.63, 3.8) is 0 Å². The van der Waals surface area contributed by atoms with Crippen LogP contribution in [0.15, 0.2) is 54.6 Å². The van der Waals surface area contributed by atoms with Crippen molar-refractivity contribution in [3.8, 4) is 0 Å². The van der Waals surface area contributed by atoms with Gasteiger partial charge in [-0.3, -0.25) is 9.69 Å². The van der Waals surface area contributed by atoms with E-state index in [0.717, 1.165) is 32.8 Å². The van der Waals surface area contributed by atoms with Crippen LogP contribution in [0.25, 0.3) is 0 Å². The first kappa shape index (κ1) is 19.2. The van der Waals surface area contributed by atoms with E-state index in [4.69, 9.17) is 4.74 Å². The zero-order valence-electron chi connectivity index (χ0n) is 16.9. The summed E-state index contributed by atoms with van der Waals surface area (Å²) in [5.41, 5.74) is 3.76. The van der Waals surface area contributed by atoms with E-state index in [1.54, 1.807) is 0 Å². The van der Waals surface area contributed by atoms with E-state index in [9.17, 15) is 4.79 Å². The van der Waals surface area contributed by atoms with Crippen LogP contribution in [0.5, 0.6) is 0 Å². The average molecular weight is 379 g/mol. The Balaban J connectivity index is 1.50. The van der Waals surface area contributed by atoms with Crippen LogP contribution in [-0.4, -0.2) is 48.6 Å². The van der Waals surface area contributed by atoms with Crippen molar-refractivity contribution < 1.29 is 9.53 Å². The second-order valence-electron chi connectivity index (χ2n) is 8.47. The van der Waals surface area contributed by atoms with Gasteiger partial charge in [-0.2, -0.15) is 0 Å². The molecule has 2 aromatic rings. The van der Waals surface area contributed by atoms with Crippen molar-refractivity contribution in [3.05, 3.63) is 71.3 Å². The van der Waals surface area contributed by atoms with Gasteiger partial charge in [0.2, 0.25) is 5.91 Å². The van der Waals surface area contributed by atoms with Gasteiger partial charge < -0.3 is 9.64 Å². The summed E-state index contributed by atoms with van der Waals surface area (Å²) in [6, 6.07) is 19.0. The van der Waals surface area contributed by atoms with E-state index >= 15 is 0 Å². The van der Waals surface area contributed by atoms with Crippen LogP contribution >= 0.6 is 0 Å². The first-order chi connectivity index (χ1) is 13.6. The number of carbonyl (C=O) groups excluding carboxylic acids is 1. The maximum absolute atomic E-state index is 12.9. The molecule has 2 atom stereocenters. The molecule has 2 aliphatic heterocycles. The van der Waals surface area contributed by atoms with E-state index < -0.39 is 0 Å². The van der Waals surface area contributed by atoms with Gasteiger partial charge in [-0.15, -0.1) is 0 Å².